The van der Waals surface area contributed by atoms with E-state index < -0.39 is 0 Å². The number of H-pyrrole nitrogens is 1. The highest BCUT2D eigenvalue weighted by atomic mass is 16.5. The minimum absolute atomic E-state index is 0.0356. The van der Waals surface area contributed by atoms with Crippen LogP contribution in [0.1, 0.15) is 30.2 Å². The number of hydrogen-bond acceptors (Lipinski definition) is 4. The van der Waals surface area contributed by atoms with Gasteiger partial charge in [-0.2, -0.15) is 5.16 Å². The van der Waals surface area contributed by atoms with E-state index in [1.807, 2.05) is 0 Å². The first-order chi connectivity index (χ1) is 6.83. The van der Waals surface area contributed by atoms with Crippen molar-refractivity contribution >= 4 is 0 Å². The molecular formula is C9H14N2O3. The van der Waals surface area contributed by atoms with Crippen molar-refractivity contribution < 1.29 is 9.63 Å². The summed E-state index contributed by atoms with van der Waals surface area (Å²) in [7, 11) is 0. The molecule has 78 valence electrons. The molecule has 14 heavy (non-hydrogen) atoms. The summed E-state index contributed by atoms with van der Waals surface area (Å²) in [6, 6.07) is 0.0356. The van der Waals surface area contributed by atoms with Crippen LogP contribution in [0.15, 0.2) is 9.32 Å². The smallest absolute Gasteiger partial charge is 0.284 e. The van der Waals surface area contributed by atoms with Crippen LogP contribution in [0.2, 0.25) is 0 Å². The second-order valence-corrected chi connectivity index (χ2v) is 3.49. The minimum atomic E-state index is -0.143. The summed E-state index contributed by atoms with van der Waals surface area (Å²) in [6.07, 6.45) is 2.76. The number of aliphatic hydroxyl groups is 1. The molecule has 0 fully saturated rings. The second-order valence-electron chi connectivity index (χ2n) is 3.49. The van der Waals surface area contributed by atoms with Crippen LogP contribution in [0.25, 0.3) is 0 Å². The summed E-state index contributed by atoms with van der Waals surface area (Å²) in [5.74, 6) is 0.761. The predicted molar refractivity (Wildman–Crippen MR) is 50.1 cm³/mol. The van der Waals surface area contributed by atoms with Crippen molar-refractivity contribution in [2.75, 3.05) is 13.2 Å². The molecule has 1 heterocycles. The quantitative estimate of drug-likeness (QED) is 0.635. The fourth-order valence-electron chi connectivity index (χ4n) is 1.94. The van der Waals surface area contributed by atoms with Gasteiger partial charge in [0.05, 0.1) is 12.2 Å². The number of aromatic amines is 1. The Balaban J connectivity index is 2.21. The molecule has 1 unspecified atom stereocenters. The SMILES string of the molecule is O=c1[nH]oc2c1C(NCCO)CCC2. The van der Waals surface area contributed by atoms with E-state index >= 15 is 0 Å². The Labute approximate surface area is 81.1 Å². The minimum Gasteiger partial charge on any atom is -0.395 e. The van der Waals surface area contributed by atoms with Gasteiger partial charge in [-0.05, 0) is 12.8 Å². The van der Waals surface area contributed by atoms with Crippen molar-refractivity contribution in [1.82, 2.24) is 10.5 Å². The molecule has 0 aromatic carbocycles. The summed E-state index contributed by atoms with van der Waals surface area (Å²) in [6.45, 7) is 0.594. The lowest BCUT2D eigenvalue weighted by Gasteiger charge is -2.20. The van der Waals surface area contributed by atoms with E-state index in [0.29, 0.717) is 12.1 Å². The van der Waals surface area contributed by atoms with E-state index in [0.717, 1.165) is 25.0 Å². The van der Waals surface area contributed by atoms with Gasteiger partial charge >= 0.3 is 0 Å². The molecule has 1 aromatic rings. The molecule has 5 nitrogen and oxygen atoms in total. The van der Waals surface area contributed by atoms with E-state index in [4.69, 9.17) is 9.63 Å². The van der Waals surface area contributed by atoms with E-state index in [-0.39, 0.29) is 18.2 Å². The Kier molecular flexibility index (Phi) is 2.69. The third-order valence-corrected chi connectivity index (χ3v) is 2.56. The molecule has 0 spiro atoms. The Bertz CT molecular complexity index is 355. The third-order valence-electron chi connectivity index (χ3n) is 2.56. The Morgan fingerprint density at radius 3 is 3.29 bits per heavy atom. The van der Waals surface area contributed by atoms with Crippen molar-refractivity contribution in [3.05, 3.63) is 21.7 Å². The molecule has 0 radical (unpaired) electrons. The van der Waals surface area contributed by atoms with Gasteiger partial charge in [0.15, 0.2) is 0 Å². The van der Waals surface area contributed by atoms with Crippen molar-refractivity contribution in [1.29, 1.82) is 0 Å². The fraction of sp³-hybridized carbons (Fsp3) is 0.667. The van der Waals surface area contributed by atoms with E-state index in [1.165, 1.54) is 0 Å². The Hall–Kier alpha value is -1.07. The van der Waals surface area contributed by atoms with Crippen molar-refractivity contribution in [2.24, 2.45) is 0 Å². The monoisotopic (exact) mass is 198 g/mol. The van der Waals surface area contributed by atoms with Gasteiger partial charge < -0.3 is 14.9 Å². The summed E-state index contributed by atoms with van der Waals surface area (Å²) < 4.78 is 5.06. The molecule has 0 saturated heterocycles. The maximum absolute atomic E-state index is 11.4. The number of nitrogens with one attached hydrogen (secondary N) is 2. The molecule has 1 aliphatic carbocycles. The molecule has 0 amide bonds. The van der Waals surface area contributed by atoms with Crippen LogP contribution in [0.4, 0.5) is 0 Å². The van der Waals surface area contributed by atoms with Crippen LogP contribution >= 0.6 is 0 Å². The predicted octanol–water partition coefficient (Wildman–Crippen LogP) is -0.0728. The Morgan fingerprint density at radius 2 is 2.50 bits per heavy atom. The molecule has 1 atom stereocenters. The standard InChI is InChI=1S/C9H14N2O3/c12-5-4-10-6-2-1-3-7-8(6)9(13)11-14-7/h6,10,12H,1-5H2,(H,11,13). The van der Waals surface area contributed by atoms with E-state index in [9.17, 15) is 4.79 Å². The van der Waals surface area contributed by atoms with Gasteiger partial charge in [-0.1, -0.05) is 0 Å². The lowest BCUT2D eigenvalue weighted by Crippen LogP contribution is -2.30. The van der Waals surface area contributed by atoms with Crippen molar-refractivity contribution in [2.45, 2.75) is 25.3 Å². The zero-order valence-corrected chi connectivity index (χ0v) is 7.88. The van der Waals surface area contributed by atoms with Gasteiger partial charge in [0.2, 0.25) is 0 Å². The maximum Gasteiger partial charge on any atom is 0.284 e. The van der Waals surface area contributed by atoms with Gasteiger partial charge in [0.25, 0.3) is 5.56 Å². The molecule has 1 aliphatic rings. The van der Waals surface area contributed by atoms with Crippen LogP contribution in [-0.2, 0) is 6.42 Å². The van der Waals surface area contributed by atoms with E-state index in [1.54, 1.807) is 0 Å². The first-order valence-electron chi connectivity index (χ1n) is 4.87. The zero-order valence-electron chi connectivity index (χ0n) is 7.88. The normalized spacial score (nSPS) is 20.8. The molecule has 0 bridgehead atoms. The second kappa shape index (κ2) is 3.98. The van der Waals surface area contributed by atoms with Crippen LogP contribution in [0.3, 0.4) is 0 Å². The highest BCUT2D eigenvalue weighted by molar-refractivity contribution is 5.21. The topological polar surface area (TPSA) is 78.3 Å². The van der Waals surface area contributed by atoms with Crippen LogP contribution in [-0.4, -0.2) is 23.4 Å². The number of hydrogen-bond donors (Lipinski definition) is 3. The van der Waals surface area contributed by atoms with E-state index in [2.05, 4.69) is 10.5 Å². The number of aromatic nitrogens is 1. The fourth-order valence-corrected chi connectivity index (χ4v) is 1.94. The highest BCUT2D eigenvalue weighted by Crippen LogP contribution is 2.26. The average Bonchev–Trinajstić information content (AvgIpc) is 2.58. The lowest BCUT2D eigenvalue weighted by molar-refractivity contribution is 0.277. The summed E-state index contributed by atoms with van der Waals surface area (Å²) in [5, 5.41) is 14.2. The molecule has 5 heteroatoms. The molecule has 0 aliphatic heterocycles. The summed E-state index contributed by atoms with van der Waals surface area (Å²) in [5.41, 5.74) is 0.569. The van der Waals surface area contributed by atoms with Crippen LogP contribution in [0, 0.1) is 0 Å². The van der Waals surface area contributed by atoms with Gasteiger partial charge in [-0.3, -0.25) is 4.79 Å². The number of aliphatic hydroxyl groups excluding tert-OH is 1. The molecule has 1 aromatic heterocycles. The number of fused-ring (bicyclic) bond motifs is 1. The first kappa shape index (κ1) is 9.48. The van der Waals surface area contributed by atoms with Crippen LogP contribution in [0.5, 0.6) is 0 Å². The summed E-state index contributed by atoms with van der Waals surface area (Å²) >= 11 is 0. The third kappa shape index (κ3) is 1.60. The van der Waals surface area contributed by atoms with Crippen LogP contribution < -0.4 is 10.9 Å². The molecule has 2 rings (SSSR count). The first-order valence-corrected chi connectivity index (χ1v) is 4.87. The number of rotatable bonds is 3. The molecular weight excluding hydrogens is 184 g/mol. The van der Waals surface area contributed by atoms with Gasteiger partial charge in [0, 0.05) is 19.0 Å². The largest absolute Gasteiger partial charge is 0.395 e. The average molecular weight is 198 g/mol. The van der Waals surface area contributed by atoms with Gasteiger partial charge in [-0.15, -0.1) is 0 Å². The zero-order chi connectivity index (χ0) is 9.97. The lowest BCUT2D eigenvalue weighted by atomic mass is 9.93. The van der Waals surface area contributed by atoms with Gasteiger partial charge in [-0.25, -0.2) is 0 Å². The van der Waals surface area contributed by atoms with Crippen molar-refractivity contribution in [3.8, 4) is 0 Å². The maximum atomic E-state index is 11.4. The highest BCUT2D eigenvalue weighted by Gasteiger charge is 2.25. The molecule has 0 saturated carbocycles. The van der Waals surface area contributed by atoms with Gasteiger partial charge in [0.1, 0.15) is 5.76 Å². The van der Waals surface area contributed by atoms with Crippen molar-refractivity contribution in [3.63, 3.8) is 0 Å². The molecule has 3 N–H and O–H groups in total. The number of aryl methyl sites for hydroxylation is 1. The Morgan fingerprint density at radius 1 is 1.64 bits per heavy atom. The summed E-state index contributed by atoms with van der Waals surface area (Å²) in [4.78, 5) is 11.4.